The molecular weight excluding hydrogens is 320 g/mol. The van der Waals surface area contributed by atoms with Crippen molar-refractivity contribution in [2.45, 2.75) is 18.7 Å². The highest BCUT2D eigenvalue weighted by Gasteiger charge is 2.34. The highest BCUT2D eigenvalue weighted by atomic mass is 32.2. The van der Waals surface area contributed by atoms with Crippen molar-refractivity contribution in [3.05, 3.63) is 64.7 Å². The van der Waals surface area contributed by atoms with Crippen LogP contribution in [0.1, 0.15) is 16.7 Å². The molecule has 0 atom stereocenters. The fourth-order valence-electron chi connectivity index (χ4n) is 2.47. The lowest BCUT2D eigenvalue weighted by Gasteiger charge is -2.15. The van der Waals surface area contributed by atoms with E-state index in [-0.39, 0.29) is 17.4 Å². The van der Waals surface area contributed by atoms with Gasteiger partial charge in [0.1, 0.15) is 5.57 Å². The molecule has 1 N–H and O–H groups in total. The van der Waals surface area contributed by atoms with Crippen molar-refractivity contribution in [3.63, 3.8) is 0 Å². The summed E-state index contributed by atoms with van der Waals surface area (Å²) in [5.74, 6) is -0.718. The molecule has 122 valence electrons. The number of rotatable bonds is 3. The molecule has 0 aliphatic carbocycles. The molecule has 1 aliphatic heterocycles. The van der Waals surface area contributed by atoms with Crippen LogP contribution in [0.2, 0.25) is 0 Å². The van der Waals surface area contributed by atoms with Gasteiger partial charge in [-0.25, -0.2) is 5.01 Å². The van der Waals surface area contributed by atoms with Crippen LogP contribution in [0.3, 0.4) is 0 Å². The van der Waals surface area contributed by atoms with Crippen LogP contribution < -0.4 is 10.4 Å². The molecule has 1 aliphatic rings. The fourth-order valence-corrected chi connectivity index (χ4v) is 2.88. The molecule has 4 nitrogen and oxygen atoms in total. The SMILES string of the molecule is CSc1ccc(C=C2C(=O)NN(c3ccc(C)c(C)c3)C2=O)cc1. The first-order chi connectivity index (χ1) is 11.5. The second-order valence-electron chi connectivity index (χ2n) is 5.68. The molecule has 1 heterocycles. The number of hydrazine groups is 1. The topological polar surface area (TPSA) is 49.4 Å². The third kappa shape index (κ3) is 3.08. The molecule has 3 rings (SSSR count). The molecule has 0 aromatic heterocycles. The quantitative estimate of drug-likeness (QED) is 0.529. The maximum atomic E-state index is 12.6. The van der Waals surface area contributed by atoms with Crippen molar-refractivity contribution in [2.75, 3.05) is 11.3 Å². The zero-order valence-electron chi connectivity index (χ0n) is 13.8. The summed E-state index contributed by atoms with van der Waals surface area (Å²) in [5, 5.41) is 1.30. The highest BCUT2D eigenvalue weighted by molar-refractivity contribution is 7.98. The summed E-state index contributed by atoms with van der Waals surface area (Å²) in [4.78, 5) is 25.9. The minimum Gasteiger partial charge on any atom is -0.267 e. The van der Waals surface area contributed by atoms with E-state index in [9.17, 15) is 9.59 Å². The third-order valence-electron chi connectivity index (χ3n) is 4.07. The van der Waals surface area contributed by atoms with Crippen molar-refractivity contribution in [3.8, 4) is 0 Å². The standard InChI is InChI=1S/C19H18N2O2S/c1-12-4-7-15(10-13(12)2)21-19(23)17(18(22)20-21)11-14-5-8-16(24-3)9-6-14/h4-11H,1-3H3,(H,20,22). The first-order valence-corrected chi connectivity index (χ1v) is 8.80. The van der Waals surface area contributed by atoms with Crippen LogP contribution in [0, 0.1) is 13.8 Å². The number of amides is 2. The Bertz CT molecular complexity index is 841. The Kier molecular flexibility index (Phi) is 4.44. The van der Waals surface area contributed by atoms with E-state index in [1.807, 2.05) is 62.6 Å². The van der Waals surface area contributed by atoms with Gasteiger partial charge in [-0.05, 0) is 67.1 Å². The van der Waals surface area contributed by atoms with Crippen LogP contribution in [0.15, 0.2) is 52.9 Å². The molecule has 0 spiro atoms. The Morgan fingerprint density at radius 3 is 2.33 bits per heavy atom. The molecule has 5 heteroatoms. The molecule has 1 saturated heterocycles. The minimum absolute atomic E-state index is 0.144. The second-order valence-corrected chi connectivity index (χ2v) is 6.56. The monoisotopic (exact) mass is 338 g/mol. The molecule has 24 heavy (non-hydrogen) atoms. The number of carbonyl (C=O) groups is 2. The van der Waals surface area contributed by atoms with Crippen molar-refractivity contribution >= 4 is 35.3 Å². The van der Waals surface area contributed by atoms with E-state index >= 15 is 0 Å². The molecule has 0 bridgehead atoms. The molecule has 2 aromatic rings. The first-order valence-electron chi connectivity index (χ1n) is 7.58. The van der Waals surface area contributed by atoms with Crippen molar-refractivity contribution in [1.82, 2.24) is 5.43 Å². The van der Waals surface area contributed by atoms with Crippen molar-refractivity contribution in [1.29, 1.82) is 0 Å². The number of anilines is 1. The Morgan fingerprint density at radius 1 is 1.00 bits per heavy atom. The van der Waals surface area contributed by atoms with E-state index in [2.05, 4.69) is 5.43 Å². The number of carbonyl (C=O) groups excluding carboxylic acids is 2. The van der Waals surface area contributed by atoms with Gasteiger partial charge in [-0.15, -0.1) is 11.8 Å². The minimum atomic E-state index is -0.382. The van der Waals surface area contributed by atoms with Crippen molar-refractivity contribution in [2.24, 2.45) is 0 Å². The van der Waals surface area contributed by atoms with E-state index in [0.717, 1.165) is 21.6 Å². The molecule has 0 saturated carbocycles. The lowest BCUT2D eigenvalue weighted by Crippen LogP contribution is -2.35. The summed E-state index contributed by atoms with van der Waals surface area (Å²) in [7, 11) is 0. The van der Waals surface area contributed by atoms with Gasteiger partial charge >= 0.3 is 0 Å². The number of nitrogens with one attached hydrogen (secondary N) is 1. The molecule has 1 fully saturated rings. The Balaban J connectivity index is 1.90. The molecule has 0 radical (unpaired) electrons. The average Bonchev–Trinajstić information content (AvgIpc) is 2.86. The third-order valence-corrected chi connectivity index (χ3v) is 4.81. The van der Waals surface area contributed by atoms with Crippen LogP contribution in [0.25, 0.3) is 6.08 Å². The number of hydrogen-bond acceptors (Lipinski definition) is 3. The lowest BCUT2D eigenvalue weighted by molar-refractivity contribution is -0.117. The Morgan fingerprint density at radius 2 is 1.71 bits per heavy atom. The zero-order chi connectivity index (χ0) is 17.3. The molecule has 0 unspecified atom stereocenters. The Labute approximate surface area is 145 Å². The largest absolute Gasteiger partial charge is 0.282 e. The smallest absolute Gasteiger partial charge is 0.267 e. The van der Waals surface area contributed by atoms with Gasteiger partial charge in [-0.1, -0.05) is 18.2 Å². The van der Waals surface area contributed by atoms with Gasteiger partial charge < -0.3 is 0 Å². The number of benzene rings is 2. The van der Waals surface area contributed by atoms with Crippen molar-refractivity contribution < 1.29 is 9.59 Å². The zero-order valence-corrected chi connectivity index (χ0v) is 14.6. The molecule has 2 aromatic carbocycles. The second kappa shape index (κ2) is 6.53. The van der Waals surface area contributed by atoms with Crippen LogP contribution in [0.5, 0.6) is 0 Å². The summed E-state index contributed by atoms with van der Waals surface area (Å²) < 4.78 is 0. The van der Waals surface area contributed by atoms with Crippen LogP contribution in [0.4, 0.5) is 5.69 Å². The van der Waals surface area contributed by atoms with Gasteiger partial charge in [-0.3, -0.25) is 15.0 Å². The fraction of sp³-hybridized carbons (Fsp3) is 0.158. The van der Waals surface area contributed by atoms with E-state index in [0.29, 0.717) is 5.69 Å². The summed E-state index contributed by atoms with van der Waals surface area (Å²) in [6.07, 6.45) is 3.63. The van der Waals surface area contributed by atoms with Gasteiger partial charge in [0.25, 0.3) is 11.8 Å². The maximum Gasteiger partial charge on any atom is 0.282 e. The number of hydrogen-bond donors (Lipinski definition) is 1. The maximum absolute atomic E-state index is 12.6. The molecular formula is C19H18N2O2S. The summed E-state index contributed by atoms with van der Waals surface area (Å²) in [6, 6.07) is 13.4. The van der Waals surface area contributed by atoms with Gasteiger partial charge in [0.05, 0.1) is 5.69 Å². The van der Waals surface area contributed by atoms with Crippen LogP contribution >= 0.6 is 11.8 Å². The van der Waals surface area contributed by atoms with E-state index in [1.165, 1.54) is 5.01 Å². The number of nitrogens with zero attached hydrogens (tertiary/aromatic N) is 1. The predicted octanol–water partition coefficient (Wildman–Crippen LogP) is 3.49. The lowest BCUT2D eigenvalue weighted by atomic mass is 10.1. The Hall–Kier alpha value is -2.53. The summed E-state index contributed by atoms with van der Waals surface area (Å²) in [5.41, 5.74) is 6.48. The number of aryl methyl sites for hydroxylation is 2. The predicted molar refractivity (Wildman–Crippen MR) is 97.7 cm³/mol. The summed E-state index contributed by atoms with van der Waals surface area (Å²) in [6.45, 7) is 3.98. The van der Waals surface area contributed by atoms with Gasteiger partial charge in [0.2, 0.25) is 0 Å². The van der Waals surface area contributed by atoms with E-state index < -0.39 is 0 Å². The first kappa shape index (κ1) is 16.3. The highest BCUT2D eigenvalue weighted by Crippen LogP contribution is 2.24. The number of thioether (sulfide) groups is 1. The molecule has 2 amide bonds. The van der Waals surface area contributed by atoms with Crippen LogP contribution in [-0.4, -0.2) is 18.1 Å². The van der Waals surface area contributed by atoms with E-state index in [4.69, 9.17) is 0 Å². The van der Waals surface area contributed by atoms with Crippen LogP contribution in [-0.2, 0) is 9.59 Å². The van der Waals surface area contributed by atoms with Gasteiger partial charge in [0, 0.05) is 4.90 Å². The summed E-state index contributed by atoms with van der Waals surface area (Å²) >= 11 is 1.65. The van der Waals surface area contributed by atoms with E-state index in [1.54, 1.807) is 17.8 Å². The average molecular weight is 338 g/mol. The van der Waals surface area contributed by atoms with Gasteiger partial charge in [0.15, 0.2) is 0 Å². The van der Waals surface area contributed by atoms with Gasteiger partial charge in [-0.2, -0.15) is 0 Å². The normalized spacial score (nSPS) is 16.0.